The summed E-state index contributed by atoms with van der Waals surface area (Å²) in [5, 5.41) is 56.6. The summed E-state index contributed by atoms with van der Waals surface area (Å²) in [5.41, 5.74) is 0. The molecule has 0 heterocycles. The summed E-state index contributed by atoms with van der Waals surface area (Å²) in [4.78, 5) is 11.1. The van der Waals surface area contributed by atoms with Crippen molar-refractivity contribution < 1.29 is 40.2 Å². The molecule has 8 nitrogen and oxygen atoms in total. The van der Waals surface area contributed by atoms with E-state index in [4.69, 9.17) is 14.9 Å². The van der Waals surface area contributed by atoms with Crippen molar-refractivity contribution in [1.29, 1.82) is 0 Å². The molecule has 0 amide bonds. The van der Waals surface area contributed by atoms with Crippen LogP contribution in [0.5, 0.6) is 0 Å². The van der Waals surface area contributed by atoms with E-state index in [1.165, 1.54) is 0 Å². The number of aliphatic carboxylic acids is 1. The van der Waals surface area contributed by atoms with E-state index in [1.54, 1.807) is 0 Å². The van der Waals surface area contributed by atoms with Crippen LogP contribution in [-0.2, 0) is 9.53 Å². The van der Waals surface area contributed by atoms with E-state index in [-0.39, 0.29) is 31.0 Å². The monoisotopic (exact) mass is 376 g/mol. The molecule has 0 saturated heterocycles. The molecule has 7 unspecified atom stereocenters. The topological polar surface area (TPSA) is 148 Å². The van der Waals surface area contributed by atoms with Gasteiger partial charge in [0.2, 0.25) is 0 Å². The minimum Gasteiger partial charge on any atom is -0.481 e. The Balaban J connectivity index is 2.62. The standard InChI is InChI=1S/C18H32O8/c1-2-3-4-5-12-11(8-16(22)23)6-7-15(12)26-10-14(21)18(25)17(24)13(20)9-19/h3-4,11-15,17-21,24-25H,2,5-10H2,1H3,(H,22,23). The lowest BCUT2D eigenvalue weighted by Crippen LogP contribution is -2.47. The number of ether oxygens (including phenoxy) is 1. The number of aliphatic hydroxyl groups excluding tert-OH is 5. The molecular formula is C18H32O8. The lowest BCUT2D eigenvalue weighted by atomic mass is 9.89. The predicted molar refractivity (Wildman–Crippen MR) is 93.4 cm³/mol. The van der Waals surface area contributed by atoms with Crippen molar-refractivity contribution >= 4 is 5.97 Å². The van der Waals surface area contributed by atoms with Crippen LogP contribution in [0.15, 0.2) is 12.2 Å². The van der Waals surface area contributed by atoms with E-state index in [0.717, 1.165) is 6.42 Å². The number of hydrogen-bond donors (Lipinski definition) is 6. The Morgan fingerprint density at radius 2 is 1.77 bits per heavy atom. The van der Waals surface area contributed by atoms with Gasteiger partial charge in [-0.25, -0.2) is 0 Å². The van der Waals surface area contributed by atoms with Crippen molar-refractivity contribution in [3.05, 3.63) is 12.2 Å². The van der Waals surface area contributed by atoms with Crippen molar-refractivity contribution in [1.82, 2.24) is 0 Å². The molecular weight excluding hydrogens is 344 g/mol. The van der Waals surface area contributed by atoms with Gasteiger partial charge in [-0.3, -0.25) is 4.79 Å². The highest BCUT2D eigenvalue weighted by Gasteiger charge is 2.38. The maximum Gasteiger partial charge on any atom is 0.303 e. The van der Waals surface area contributed by atoms with Crippen LogP contribution in [0.3, 0.4) is 0 Å². The zero-order chi connectivity index (χ0) is 19.7. The first kappa shape index (κ1) is 23.0. The lowest BCUT2D eigenvalue weighted by Gasteiger charge is -2.28. The van der Waals surface area contributed by atoms with Crippen LogP contribution in [0.4, 0.5) is 0 Å². The number of allylic oxidation sites excluding steroid dienone is 2. The van der Waals surface area contributed by atoms with E-state index in [9.17, 15) is 25.2 Å². The van der Waals surface area contributed by atoms with Crippen LogP contribution in [0.25, 0.3) is 0 Å². The van der Waals surface area contributed by atoms with Crippen molar-refractivity contribution in [3.63, 3.8) is 0 Å². The first-order chi connectivity index (χ1) is 12.3. The molecule has 0 aromatic carbocycles. The van der Waals surface area contributed by atoms with Crippen LogP contribution in [0.1, 0.15) is 39.0 Å². The minimum atomic E-state index is -1.69. The second-order valence-corrected chi connectivity index (χ2v) is 6.88. The van der Waals surface area contributed by atoms with Gasteiger partial charge < -0.3 is 35.4 Å². The van der Waals surface area contributed by atoms with Crippen LogP contribution in [-0.4, -0.2) is 80.3 Å². The lowest BCUT2D eigenvalue weighted by molar-refractivity contribution is -0.140. The van der Waals surface area contributed by atoms with Gasteiger partial charge >= 0.3 is 5.97 Å². The van der Waals surface area contributed by atoms with Gasteiger partial charge in [0.05, 0.1) is 19.3 Å². The normalized spacial score (nSPS) is 28.2. The Labute approximate surface area is 153 Å². The van der Waals surface area contributed by atoms with Gasteiger partial charge in [0.25, 0.3) is 0 Å². The molecule has 0 bridgehead atoms. The molecule has 1 aliphatic rings. The fourth-order valence-electron chi connectivity index (χ4n) is 3.44. The van der Waals surface area contributed by atoms with Crippen molar-refractivity contribution in [2.45, 2.75) is 69.5 Å². The van der Waals surface area contributed by atoms with Gasteiger partial charge in [0.15, 0.2) is 0 Å². The molecule has 0 aromatic rings. The minimum absolute atomic E-state index is 0.00574. The smallest absolute Gasteiger partial charge is 0.303 e. The second-order valence-electron chi connectivity index (χ2n) is 6.88. The SMILES string of the molecule is CCC=CCC1C(CC(=O)O)CCC1OCC(O)C(O)C(O)C(O)CO. The van der Waals surface area contributed by atoms with E-state index in [0.29, 0.717) is 19.3 Å². The van der Waals surface area contributed by atoms with Gasteiger partial charge in [-0.15, -0.1) is 0 Å². The third-order valence-electron chi connectivity index (χ3n) is 4.96. The summed E-state index contributed by atoms with van der Waals surface area (Å²) in [5.74, 6) is -0.856. The number of rotatable bonds is 12. The summed E-state index contributed by atoms with van der Waals surface area (Å²) in [6.45, 7) is 1.02. The number of carboxylic acid groups (broad SMARTS) is 1. The molecule has 0 aromatic heterocycles. The van der Waals surface area contributed by atoms with Gasteiger partial charge in [-0.05, 0) is 37.5 Å². The Hall–Kier alpha value is -1.03. The predicted octanol–water partition coefficient (Wildman–Crippen LogP) is -0.335. The largest absolute Gasteiger partial charge is 0.481 e. The van der Waals surface area contributed by atoms with Crippen molar-refractivity contribution in [3.8, 4) is 0 Å². The zero-order valence-corrected chi connectivity index (χ0v) is 15.1. The fraction of sp³-hybridized carbons (Fsp3) is 0.833. The zero-order valence-electron chi connectivity index (χ0n) is 15.1. The number of aliphatic hydroxyl groups is 5. The number of hydrogen-bond acceptors (Lipinski definition) is 7. The molecule has 1 saturated carbocycles. The van der Waals surface area contributed by atoms with Crippen LogP contribution < -0.4 is 0 Å². The Morgan fingerprint density at radius 3 is 2.35 bits per heavy atom. The molecule has 26 heavy (non-hydrogen) atoms. The molecule has 1 rings (SSSR count). The van der Waals surface area contributed by atoms with E-state index in [1.807, 2.05) is 19.1 Å². The highest BCUT2D eigenvalue weighted by atomic mass is 16.5. The fourth-order valence-corrected chi connectivity index (χ4v) is 3.44. The molecule has 0 radical (unpaired) electrons. The molecule has 7 atom stereocenters. The molecule has 8 heteroatoms. The first-order valence-electron chi connectivity index (χ1n) is 9.13. The second kappa shape index (κ2) is 11.6. The van der Waals surface area contributed by atoms with Crippen molar-refractivity contribution in [2.75, 3.05) is 13.2 Å². The summed E-state index contributed by atoms with van der Waals surface area (Å²) < 4.78 is 5.71. The number of carboxylic acids is 1. The van der Waals surface area contributed by atoms with Crippen molar-refractivity contribution in [2.24, 2.45) is 11.8 Å². The van der Waals surface area contributed by atoms with Crippen LogP contribution >= 0.6 is 0 Å². The Morgan fingerprint density at radius 1 is 1.12 bits per heavy atom. The summed E-state index contributed by atoms with van der Waals surface area (Å²) in [6.07, 6.45) is 0.441. The van der Waals surface area contributed by atoms with Crippen LogP contribution in [0.2, 0.25) is 0 Å². The van der Waals surface area contributed by atoms with Gasteiger partial charge in [-0.1, -0.05) is 19.1 Å². The average Bonchev–Trinajstić information content (AvgIpc) is 2.98. The van der Waals surface area contributed by atoms with Crippen LogP contribution in [0, 0.1) is 11.8 Å². The van der Waals surface area contributed by atoms with E-state index >= 15 is 0 Å². The van der Waals surface area contributed by atoms with Gasteiger partial charge in [0.1, 0.15) is 24.4 Å². The molecule has 1 aliphatic carbocycles. The third kappa shape index (κ3) is 6.94. The molecule has 152 valence electrons. The van der Waals surface area contributed by atoms with E-state index in [2.05, 4.69) is 0 Å². The molecule has 1 fully saturated rings. The first-order valence-corrected chi connectivity index (χ1v) is 9.13. The summed E-state index contributed by atoms with van der Waals surface area (Å²) in [7, 11) is 0. The molecule has 0 aliphatic heterocycles. The third-order valence-corrected chi connectivity index (χ3v) is 4.96. The maximum absolute atomic E-state index is 11.1. The molecule has 6 N–H and O–H groups in total. The van der Waals surface area contributed by atoms with Gasteiger partial charge in [0, 0.05) is 6.42 Å². The highest BCUT2D eigenvalue weighted by Crippen LogP contribution is 2.39. The van der Waals surface area contributed by atoms with E-state index < -0.39 is 37.0 Å². The average molecular weight is 376 g/mol. The summed E-state index contributed by atoms with van der Waals surface area (Å²) in [6, 6.07) is 0. The molecule has 0 spiro atoms. The Kier molecular flexibility index (Phi) is 10.3. The quantitative estimate of drug-likeness (QED) is 0.254. The maximum atomic E-state index is 11.1. The highest BCUT2D eigenvalue weighted by molar-refractivity contribution is 5.67. The Bertz CT molecular complexity index is 441. The number of carbonyl (C=O) groups is 1. The van der Waals surface area contributed by atoms with Gasteiger partial charge in [-0.2, -0.15) is 0 Å². The summed E-state index contributed by atoms with van der Waals surface area (Å²) >= 11 is 0.